The van der Waals surface area contributed by atoms with Crippen molar-refractivity contribution in [2.24, 2.45) is 0 Å². The Bertz CT molecular complexity index is 242. The van der Waals surface area contributed by atoms with E-state index in [1.54, 1.807) is 0 Å². The van der Waals surface area contributed by atoms with E-state index in [4.69, 9.17) is 0 Å². The lowest BCUT2D eigenvalue weighted by Crippen LogP contribution is -1.91. The van der Waals surface area contributed by atoms with Crippen LogP contribution in [0.3, 0.4) is 0 Å². The van der Waals surface area contributed by atoms with Gasteiger partial charge in [0.15, 0.2) is 5.82 Å². The lowest BCUT2D eigenvalue weighted by atomic mass is 10.4. The van der Waals surface area contributed by atoms with Gasteiger partial charge >= 0.3 is 0 Å². The summed E-state index contributed by atoms with van der Waals surface area (Å²) in [5.41, 5.74) is 0. The fourth-order valence-electron chi connectivity index (χ4n) is 0.541. The van der Waals surface area contributed by atoms with Crippen molar-refractivity contribution >= 4 is 5.78 Å². The molecular weight excluding hydrogens is 132 g/mol. The largest absolute Gasteiger partial charge is 0.331 e. The highest BCUT2D eigenvalue weighted by atomic mass is 16.5. The molecule has 10 heavy (non-hydrogen) atoms. The standard InChI is InChI=1S/C6H8N2O2/c1-3-5-7-6(4(2)9)10-8-5/h3H2,1-2H3. The summed E-state index contributed by atoms with van der Waals surface area (Å²) in [4.78, 5) is 14.4. The second-order valence-corrected chi connectivity index (χ2v) is 1.93. The number of ketones is 1. The summed E-state index contributed by atoms with van der Waals surface area (Å²) < 4.78 is 4.61. The van der Waals surface area contributed by atoms with Crippen molar-refractivity contribution in [2.45, 2.75) is 20.3 Å². The lowest BCUT2D eigenvalue weighted by Gasteiger charge is -1.77. The van der Waals surface area contributed by atoms with Gasteiger partial charge in [-0.05, 0) is 0 Å². The molecule has 0 amide bonds. The molecule has 0 spiro atoms. The predicted molar refractivity (Wildman–Crippen MR) is 33.7 cm³/mol. The molecule has 0 saturated carbocycles. The van der Waals surface area contributed by atoms with Gasteiger partial charge in [0, 0.05) is 13.3 Å². The van der Waals surface area contributed by atoms with Crippen LogP contribution in [0, 0.1) is 0 Å². The molecule has 54 valence electrons. The molecule has 0 aliphatic heterocycles. The molecule has 0 radical (unpaired) electrons. The van der Waals surface area contributed by atoms with Crippen molar-refractivity contribution in [3.63, 3.8) is 0 Å². The Morgan fingerprint density at radius 3 is 2.70 bits per heavy atom. The van der Waals surface area contributed by atoms with Crippen LogP contribution in [0.4, 0.5) is 0 Å². The first-order chi connectivity index (χ1) is 4.74. The average molecular weight is 140 g/mol. The minimum atomic E-state index is -0.188. The van der Waals surface area contributed by atoms with Crippen molar-refractivity contribution in [2.75, 3.05) is 0 Å². The van der Waals surface area contributed by atoms with Gasteiger partial charge in [0.2, 0.25) is 5.78 Å². The molecule has 0 saturated heterocycles. The number of Topliss-reactive ketones (excluding diaryl/α,β-unsaturated/α-hetero) is 1. The Morgan fingerprint density at radius 1 is 1.70 bits per heavy atom. The summed E-state index contributed by atoms with van der Waals surface area (Å²) in [7, 11) is 0. The summed E-state index contributed by atoms with van der Waals surface area (Å²) in [6, 6.07) is 0. The van der Waals surface area contributed by atoms with Crippen molar-refractivity contribution in [1.82, 2.24) is 10.1 Å². The molecule has 4 heteroatoms. The first-order valence-corrected chi connectivity index (χ1v) is 3.07. The summed E-state index contributed by atoms with van der Waals surface area (Å²) in [6.45, 7) is 3.29. The molecule has 0 aromatic carbocycles. The summed E-state index contributed by atoms with van der Waals surface area (Å²) >= 11 is 0. The number of carbonyl (C=O) groups is 1. The Labute approximate surface area is 58.2 Å². The maximum Gasteiger partial charge on any atom is 0.293 e. The van der Waals surface area contributed by atoms with E-state index in [-0.39, 0.29) is 11.7 Å². The van der Waals surface area contributed by atoms with E-state index in [1.807, 2.05) is 6.92 Å². The SMILES string of the molecule is CCc1noc(C(C)=O)n1. The van der Waals surface area contributed by atoms with Gasteiger partial charge < -0.3 is 4.52 Å². The summed E-state index contributed by atoms with van der Waals surface area (Å²) in [6.07, 6.45) is 0.691. The van der Waals surface area contributed by atoms with Gasteiger partial charge in [0.05, 0.1) is 0 Å². The van der Waals surface area contributed by atoms with Gasteiger partial charge in [-0.3, -0.25) is 4.79 Å². The van der Waals surface area contributed by atoms with Crippen molar-refractivity contribution in [3.05, 3.63) is 11.7 Å². The highest BCUT2D eigenvalue weighted by Gasteiger charge is 2.07. The third-order valence-corrected chi connectivity index (χ3v) is 1.09. The molecule has 1 aromatic rings. The topological polar surface area (TPSA) is 56.0 Å². The molecule has 0 aliphatic carbocycles. The number of carbonyl (C=O) groups excluding carboxylic acids is 1. The zero-order valence-electron chi connectivity index (χ0n) is 5.92. The van der Waals surface area contributed by atoms with E-state index in [2.05, 4.69) is 14.7 Å². The van der Waals surface area contributed by atoms with Crippen LogP contribution in [-0.4, -0.2) is 15.9 Å². The highest BCUT2D eigenvalue weighted by Crippen LogP contribution is 1.97. The first kappa shape index (κ1) is 6.92. The van der Waals surface area contributed by atoms with Gasteiger partial charge in [-0.1, -0.05) is 12.1 Å². The highest BCUT2D eigenvalue weighted by molar-refractivity contribution is 5.89. The van der Waals surface area contributed by atoms with Crippen LogP contribution in [-0.2, 0) is 6.42 Å². The Kier molecular flexibility index (Phi) is 1.80. The fraction of sp³-hybridized carbons (Fsp3) is 0.500. The number of hydrogen-bond acceptors (Lipinski definition) is 4. The maximum absolute atomic E-state index is 10.6. The van der Waals surface area contributed by atoms with E-state index in [0.717, 1.165) is 0 Å². The number of aromatic nitrogens is 2. The zero-order valence-corrected chi connectivity index (χ0v) is 5.92. The van der Waals surface area contributed by atoms with Crippen LogP contribution >= 0.6 is 0 Å². The number of rotatable bonds is 2. The summed E-state index contributed by atoms with van der Waals surface area (Å²) in [5.74, 6) is 0.481. The van der Waals surface area contributed by atoms with E-state index in [0.29, 0.717) is 12.2 Å². The summed E-state index contributed by atoms with van der Waals surface area (Å²) in [5, 5.41) is 3.55. The normalized spacial score (nSPS) is 9.80. The van der Waals surface area contributed by atoms with Gasteiger partial charge in [0.25, 0.3) is 5.89 Å². The lowest BCUT2D eigenvalue weighted by molar-refractivity contribution is 0.0972. The number of aryl methyl sites for hydroxylation is 1. The molecule has 0 unspecified atom stereocenters. The van der Waals surface area contributed by atoms with Crippen LogP contribution in [0.1, 0.15) is 30.4 Å². The quantitative estimate of drug-likeness (QED) is 0.571. The van der Waals surface area contributed by atoms with Gasteiger partial charge in [-0.15, -0.1) is 0 Å². The molecule has 0 bridgehead atoms. The number of nitrogens with zero attached hydrogens (tertiary/aromatic N) is 2. The fourth-order valence-corrected chi connectivity index (χ4v) is 0.541. The molecular formula is C6H8N2O2. The molecule has 0 atom stereocenters. The van der Waals surface area contributed by atoms with Gasteiger partial charge in [-0.2, -0.15) is 4.98 Å². The molecule has 1 rings (SSSR count). The number of hydrogen-bond donors (Lipinski definition) is 0. The smallest absolute Gasteiger partial charge is 0.293 e. The molecule has 0 aliphatic rings. The van der Waals surface area contributed by atoms with Crippen molar-refractivity contribution < 1.29 is 9.32 Å². The molecule has 0 fully saturated rings. The third kappa shape index (κ3) is 1.21. The minimum absolute atomic E-state index is 0.0943. The predicted octanol–water partition coefficient (Wildman–Crippen LogP) is 0.835. The van der Waals surface area contributed by atoms with Gasteiger partial charge in [0.1, 0.15) is 0 Å². The van der Waals surface area contributed by atoms with Crippen LogP contribution in [0.15, 0.2) is 4.52 Å². The second-order valence-electron chi connectivity index (χ2n) is 1.93. The van der Waals surface area contributed by atoms with Crippen LogP contribution in [0.25, 0.3) is 0 Å². The van der Waals surface area contributed by atoms with Crippen molar-refractivity contribution in [1.29, 1.82) is 0 Å². The Hall–Kier alpha value is -1.19. The minimum Gasteiger partial charge on any atom is -0.331 e. The Morgan fingerprint density at radius 2 is 2.40 bits per heavy atom. The monoisotopic (exact) mass is 140 g/mol. The third-order valence-electron chi connectivity index (χ3n) is 1.09. The van der Waals surface area contributed by atoms with Crippen LogP contribution in [0.2, 0.25) is 0 Å². The van der Waals surface area contributed by atoms with Crippen LogP contribution in [0.5, 0.6) is 0 Å². The molecule has 4 nitrogen and oxygen atoms in total. The zero-order chi connectivity index (χ0) is 7.56. The maximum atomic E-state index is 10.6. The molecule has 1 aromatic heterocycles. The van der Waals surface area contributed by atoms with E-state index in [1.165, 1.54) is 6.92 Å². The average Bonchev–Trinajstić information content (AvgIpc) is 2.34. The van der Waals surface area contributed by atoms with E-state index < -0.39 is 0 Å². The van der Waals surface area contributed by atoms with Gasteiger partial charge in [-0.25, -0.2) is 0 Å². The van der Waals surface area contributed by atoms with E-state index in [9.17, 15) is 4.79 Å². The second kappa shape index (κ2) is 2.60. The Balaban J connectivity index is 2.88. The first-order valence-electron chi connectivity index (χ1n) is 3.07. The molecule has 1 heterocycles. The van der Waals surface area contributed by atoms with E-state index >= 15 is 0 Å². The van der Waals surface area contributed by atoms with Crippen LogP contribution < -0.4 is 0 Å². The van der Waals surface area contributed by atoms with Crippen molar-refractivity contribution in [3.8, 4) is 0 Å². The molecule has 0 N–H and O–H groups in total.